The zero-order valence-corrected chi connectivity index (χ0v) is 12.2. The first kappa shape index (κ1) is 13.9. The lowest BCUT2D eigenvalue weighted by Crippen LogP contribution is -2.47. The largest absolute Gasteiger partial charge is 0.393 e. The highest BCUT2D eigenvalue weighted by atomic mass is 16.3. The molecule has 0 unspecified atom stereocenters. The van der Waals surface area contributed by atoms with Crippen LogP contribution in [0, 0.1) is 0 Å². The smallest absolute Gasteiger partial charge is 0.0541 e. The molecule has 3 rings (SSSR count). The van der Waals surface area contributed by atoms with Crippen LogP contribution in [0.2, 0.25) is 0 Å². The molecule has 1 heterocycles. The second-order valence-corrected chi connectivity index (χ2v) is 6.27. The maximum Gasteiger partial charge on any atom is 0.0541 e. The molecule has 1 aromatic carbocycles. The number of aliphatic hydroxyl groups is 1. The fourth-order valence-electron chi connectivity index (χ4n) is 3.52. The molecule has 0 bridgehead atoms. The molecular weight excluding hydrogens is 248 g/mol. The molecule has 0 aromatic heterocycles. The first-order valence-corrected chi connectivity index (χ1v) is 8.05. The van der Waals surface area contributed by atoms with Gasteiger partial charge in [-0.25, -0.2) is 0 Å². The Bertz CT molecular complexity index is 393. The van der Waals surface area contributed by atoms with Gasteiger partial charge in [0.25, 0.3) is 0 Å². The molecule has 0 amide bonds. The topological polar surface area (TPSA) is 35.5 Å². The standard InChI is InChI=1S/C17H26N2O/c20-17-8-6-14(7-9-17)18-15-10-12-19(13-11-15)16-4-2-1-3-5-16/h1-5,14-15,17-18,20H,6-13H2. The molecule has 20 heavy (non-hydrogen) atoms. The van der Waals surface area contributed by atoms with Gasteiger partial charge in [0.05, 0.1) is 6.10 Å². The predicted molar refractivity (Wildman–Crippen MR) is 83.1 cm³/mol. The molecular formula is C17H26N2O. The van der Waals surface area contributed by atoms with E-state index in [1.54, 1.807) is 0 Å². The summed E-state index contributed by atoms with van der Waals surface area (Å²) in [7, 11) is 0. The average Bonchev–Trinajstić information content (AvgIpc) is 2.51. The number of hydrogen-bond donors (Lipinski definition) is 2. The molecule has 1 aliphatic carbocycles. The summed E-state index contributed by atoms with van der Waals surface area (Å²) in [4.78, 5) is 2.49. The quantitative estimate of drug-likeness (QED) is 0.889. The molecule has 1 saturated carbocycles. The van der Waals surface area contributed by atoms with Gasteiger partial charge in [-0.3, -0.25) is 0 Å². The lowest BCUT2D eigenvalue weighted by molar-refractivity contribution is 0.113. The summed E-state index contributed by atoms with van der Waals surface area (Å²) in [5, 5.41) is 13.4. The van der Waals surface area contributed by atoms with Crippen molar-refractivity contribution in [2.45, 2.75) is 56.7 Å². The minimum Gasteiger partial charge on any atom is -0.393 e. The highest BCUT2D eigenvalue weighted by Gasteiger charge is 2.24. The third-order valence-corrected chi connectivity index (χ3v) is 4.78. The Labute approximate surface area is 122 Å². The lowest BCUT2D eigenvalue weighted by atomic mass is 9.91. The Hall–Kier alpha value is -1.06. The van der Waals surface area contributed by atoms with Crippen molar-refractivity contribution in [3.8, 4) is 0 Å². The minimum atomic E-state index is -0.0482. The van der Waals surface area contributed by atoms with E-state index < -0.39 is 0 Å². The van der Waals surface area contributed by atoms with Crippen LogP contribution < -0.4 is 10.2 Å². The molecule has 2 aliphatic rings. The highest BCUT2D eigenvalue weighted by Crippen LogP contribution is 2.23. The van der Waals surface area contributed by atoms with E-state index in [1.807, 2.05) is 0 Å². The van der Waals surface area contributed by atoms with Gasteiger partial charge in [0, 0.05) is 30.9 Å². The van der Waals surface area contributed by atoms with Gasteiger partial charge < -0.3 is 15.3 Å². The number of benzene rings is 1. The number of para-hydroxylation sites is 1. The van der Waals surface area contributed by atoms with Crippen LogP contribution in [-0.2, 0) is 0 Å². The predicted octanol–water partition coefficient (Wildman–Crippen LogP) is 2.55. The van der Waals surface area contributed by atoms with Crippen LogP contribution in [-0.4, -0.2) is 36.4 Å². The second-order valence-electron chi connectivity index (χ2n) is 6.27. The zero-order valence-electron chi connectivity index (χ0n) is 12.2. The van der Waals surface area contributed by atoms with Crippen molar-refractivity contribution in [1.82, 2.24) is 5.32 Å². The maximum atomic E-state index is 9.56. The van der Waals surface area contributed by atoms with Crippen molar-refractivity contribution >= 4 is 5.69 Å². The van der Waals surface area contributed by atoms with Crippen LogP contribution in [0.1, 0.15) is 38.5 Å². The summed E-state index contributed by atoms with van der Waals surface area (Å²) < 4.78 is 0. The molecule has 110 valence electrons. The Kier molecular flexibility index (Phi) is 4.58. The SMILES string of the molecule is OC1CCC(NC2CCN(c3ccccc3)CC2)CC1. The summed E-state index contributed by atoms with van der Waals surface area (Å²) in [5.74, 6) is 0. The van der Waals surface area contributed by atoms with Crippen LogP contribution in [0.5, 0.6) is 0 Å². The van der Waals surface area contributed by atoms with Crippen molar-refractivity contribution < 1.29 is 5.11 Å². The number of anilines is 1. The van der Waals surface area contributed by atoms with E-state index in [4.69, 9.17) is 0 Å². The van der Waals surface area contributed by atoms with Crippen molar-refractivity contribution in [2.24, 2.45) is 0 Å². The molecule has 1 aliphatic heterocycles. The fraction of sp³-hybridized carbons (Fsp3) is 0.647. The Morgan fingerprint density at radius 2 is 1.45 bits per heavy atom. The molecule has 1 aromatic rings. The average molecular weight is 274 g/mol. The maximum absolute atomic E-state index is 9.56. The molecule has 2 N–H and O–H groups in total. The van der Waals surface area contributed by atoms with E-state index in [-0.39, 0.29) is 6.10 Å². The number of hydrogen-bond acceptors (Lipinski definition) is 3. The van der Waals surface area contributed by atoms with E-state index in [2.05, 4.69) is 40.5 Å². The van der Waals surface area contributed by atoms with Crippen LogP contribution in [0.15, 0.2) is 30.3 Å². The monoisotopic (exact) mass is 274 g/mol. The van der Waals surface area contributed by atoms with E-state index in [9.17, 15) is 5.11 Å². The third-order valence-electron chi connectivity index (χ3n) is 4.78. The highest BCUT2D eigenvalue weighted by molar-refractivity contribution is 5.46. The number of nitrogens with zero attached hydrogens (tertiary/aromatic N) is 1. The Morgan fingerprint density at radius 3 is 2.10 bits per heavy atom. The fourth-order valence-corrected chi connectivity index (χ4v) is 3.52. The molecule has 3 nitrogen and oxygen atoms in total. The van der Waals surface area contributed by atoms with Crippen LogP contribution in [0.25, 0.3) is 0 Å². The number of aliphatic hydroxyl groups excluding tert-OH is 1. The zero-order chi connectivity index (χ0) is 13.8. The summed E-state index contributed by atoms with van der Waals surface area (Å²) >= 11 is 0. The molecule has 3 heteroatoms. The molecule has 0 spiro atoms. The number of nitrogens with one attached hydrogen (secondary N) is 1. The lowest BCUT2D eigenvalue weighted by Gasteiger charge is -2.37. The van der Waals surface area contributed by atoms with Gasteiger partial charge in [-0.1, -0.05) is 18.2 Å². The van der Waals surface area contributed by atoms with Crippen molar-refractivity contribution in [1.29, 1.82) is 0 Å². The van der Waals surface area contributed by atoms with Crippen molar-refractivity contribution in [2.75, 3.05) is 18.0 Å². The Morgan fingerprint density at radius 1 is 0.850 bits per heavy atom. The van der Waals surface area contributed by atoms with Crippen molar-refractivity contribution in [3.05, 3.63) is 30.3 Å². The summed E-state index contributed by atoms with van der Waals surface area (Å²) in [6.07, 6.45) is 6.64. The summed E-state index contributed by atoms with van der Waals surface area (Å²) in [5.41, 5.74) is 1.35. The van der Waals surface area contributed by atoms with Crippen LogP contribution in [0.3, 0.4) is 0 Å². The van der Waals surface area contributed by atoms with Crippen LogP contribution >= 0.6 is 0 Å². The third kappa shape index (κ3) is 3.53. The van der Waals surface area contributed by atoms with E-state index in [0.29, 0.717) is 12.1 Å². The van der Waals surface area contributed by atoms with E-state index >= 15 is 0 Å². The van der Waals surface area contributed by atoms with Gasteiger partial charge in [-0.05, 0) is 50.7 Å². The first-order valence-electron chi connectivity index (χ1n) is 8.05. The normalized spacial score (nSPS) is 28.6. The van der Waals surface area contributed by atoms with Gasteiger partial charge in [0.1, 0.15) is 0 Å². The van der Waals surface area contributed by atoms with Crippen LogP contribution in [0.4, 0.5) is 5.69 Å². The molecule has 2 fully saturated rings. The van der Waals surface area contributed by atoms with E-state index in [1.165, 1.54) is 18.5 Å². The molecule has 0 radical (unpaired) electrons. The van der Waals surface area contributed by atoms with Gasteiger partial charge >= 0.3 is 0 Å². The number of piperidine rings is 1. The van der Waals surface area contributed by atoms with Gasteiger partial charge in [0.2, 0.25) is 0 Å². The molecule has 1 saturated heterocycles. The van der Waals surface area contributed by atoms with E-state index in [0.717, 1.165) is 38.8 Å². The molecule has 0 atom stereocenters. The summed E-state index contributed by atoms with van der Waals surface area (Å²) in [6.45, 7) is 2.30. The van der Waals surface area contributed by atoms with Gasteiger partial charge in [-0.15, -0.1) is 0 Å². The van der Waals surface area contributed by atoms with Gasteiger partial charge in [-0.2, -0.15) is 0 Å². The Balaban J connectivity index is 1.44. The second kappa shape index (κ2) is 6.59. The first-order chi connectivity index (χ1) is 9.81. The number of rotatable bonds is 3. The van der Waals surface area contributed by atoms with Gasteiger partial charge in [0.15, 0.2) is 0 Å². The summed E-state index contributed by atoms with van der Waals surface area (Å²) in [6, 6.07) is 12.0. The van der Waals surface area contributed by atoms with Crippen molar-refractivity contribution in [3.63, 3.8) is 0 Å². The minimum absolute atomic E-state index is 0.0482.